The Labute approximate surface area is 128 Å². The van der Waals surface area contributed by atoms with Crippen molar-refractivity contribution in [2.24, 2.45) is 5.73 Å². The average Bonchev–Trinajstić information content (AvgIpc) is 2.45. The molecule has 0 aliphatic heterocycles. The Bertz CT molecular complexity index is 669. The van der Waals surface area contributed by atoms with Crippen LogP contribution in [0.4, 0.5) is 11.5 Å². The predicted molar refractivity (Wildman–Crippen MR) is 85.3 cm³/mol. The van der Waals surface area contributed by atoms with Crippen LogP contribution in [0.1, 0.15) is 5.56 Å². The number of pyridine rings is 1. The van der Waals surface area contributed by atoms with Crippen LogP contribution in [0.2, 0.25) is 0 Å². The molecule has 0 saturated heterocycles. The van der Waals surface area contributed by atoms with E-state index < -0.39 is 0 Å². The smallest absolute Gasteiger partial charge is 0.144 e. The number of hydrogen-bond donors (Lipinski definition) is 4. The molecule has 21 heavy (non-hydrogen) atoms. The molecular weight excluding hydrogens is 290 g/mol. The fourth-order valence-electron chi connectivity index (χ4n) is 1.86. The minimum atomic E-state index is 0. The van der Waals surface area contributed by atoms with Gasteiger partial charge in [0.15, 0.2) is 0 Å². The Morgan fingerprint density at radius 2 is 2.05 bits per heavy atom. The van der Waals surface area contributed by atoms with Crippen molar-refractivity contribution in [2.75, 3.05) is 24.1 Å². The number of nitrogens with zero attached hydrogens (tertiary/aromatic N) is 2. The summed E-state index contributed by atoms with van der Waals surface area (Å²) in [6.45, 7) is 0.942. The molecule has 0 radical (unpaired) electrons. The molecule has 0 spiro atoms. The molecule has 0 bridgehead atoms. The van der Waals surface area contributed by atoms with E-state index in [9.17, 15) is 5.11 Å². The molecular formula is C14H16ClN5O. The SMILES string of the molecule is Cl.N#Cc1c(NCCN)cc(-c2ccccc2O)nc1N. The van der Waals surface area contributed by atoms with Crippen LogP contribution >= 0.6 is 12.4 Å². The van der Waals surface area contributed by atoms with E-state index in [1.807, 2.05) is 6.07 Å². The molecule has 0 saturated carbocycles. The highest BCUT2D eigenvalue weighted by molar-refractivity contribution is 5.85. The third kappa shape index (κ3) is 3.54. The topological polar surface area (TPSA) is 121 Å². The van der Waals surface area contributed by atoms with E-state index in [1.165, 1.54) is 0 Å². The van der Waals surface area contributed by atoms with E-state index in [0.717, 1.165) is 0 Å². The van der Waals surface area contributed by atoms with E-state index in [2.05, 4.69) is 10.3 Å². The number of aromatic nitrogens is 1. The van der Waals surface area contributed by atoms with Gasteiger partial charge in [-0.3, -0.25) is 0 Å². The number of benzene rings is 1. The van der Waals surface area contributed by atoms with Gasteiger partial charge in [0.1, 0.15) is 23.2 Å². The van der Waals surface area contributed by atoms with Crippen molar-refractivity contribution in [1.29, 1.82) is 5.26 Å². The number of phenols is 1. The molecule has 2 rings (SSSR count). The summed E-state index contributed by atoms with van der Waals surface area (Å²) in [6, 6.07) is 10.5. The summed E-state index contributed by atoms with van der Waals surface area (Å²) < 4.78 is 0. The van der Waals surface area contributed by atoms with Crippen LogP contribution in [0.5, 0.6) is 5.75 Å². The van der Waals surface area contributed by atoms with Gasteiger partial charge in [-0.25, -0.2) is 4.98 Å². The molecule has 1 heterocycles. The van der Waals surface area contributed by atoms with E-state index in [0.29, 0.717) is 30.0 Å². The zero-order valence-electron chi connectivity index (χ0n) is 11.2. The highest BCUT2D eigenvalue weighted by Crippen LogP contribution is 2.31. The van der Waals surface area contributed by atoms with Crippen LogP contribution in [0.3, 0.4) is 0 Å². The summed E-state index contributed by atoms with van der Waals surface area (Å²) in [5.41, 5.74) is 13.1. The summed E-state index contributed by atoms with van der Waals surface area (Å²) >= 11 is 0. The zero-order valence-corrected chi connectivity index (χ0v) is 12.0. The summed E-state index contributed by atoms with van der Waals surface area (Å²) in [6.07, 6.45) is 0. The van der Waals surface area contributed by atoms with Gasteiger partial charge in [0, 0.05) is 18.7 Å². The Hall–Kier alpha value is -2.49. The molecule has 6 nitrogen and oxygen atoms in total. The first kappa shape index (κ1) is 16.6. The molecule has 0 aliphatic carbocycles. The lowest BCUT2D eigenvalue weighted by Crippen LogP contribution is -2.14. The van der Waals surface area contributed by atoms with Crippen LogP contribution in [-0.4, -0.2) is 23.2 Å². The molecule has 0 fully saturated rings. The van der Waals surface area contributed by atoms with Gasteiger partial charge >= 0.3 is 0 Å². The lowest BCUT2D eigenvalue weighted by atomic mass is 10.1. The van der Waals surface area contributed by atoms with Gasteiger partial charge in [-0.2, -0.15) is 5.26 Å². The number of nitrogens with two attached hydrogens (primary N) is 2. The van der Waals surface area contributed by atoms with Gasteiger partial charge < -0.3 is 21.9 Å². The Morgan fingerprint density at radius 1 is 1.33 bits per heavy atom. The number of nitrogens with one attached hydrogen (secondary N) is 1. The van der Waals surface area contributed by atoms with Gasteiger partial charge in [-0.15, -0.1) is 12.4 Å². The molecule has 0 unspecified atom stereocenters. The monoisotopic (exact) mass is 305 g/mol. The third-order valence-electron chi connectivity index (χ3n) is 2.80. The predicted octanol–water partition coefficient (Wildman–Crippen LogP) is 1.70. The molecule has 6 N–H and O–H groups in total. The molecule has 1 aromatic heterocycles. The number of hydrogen-bond acceptors (Lipinski definition) is 6. The summed E-state index contributed by atoms with van der Waals surface area (Å²) in [4.78, 5) is 4.17. The van der Waals surface area contributed by atoms with E-state index in [1.54, 1.807) is 30.3 Å². The first-order valence-electron chi connectivity index (χ1n) is 6.10. The maximum Gasteiger partial charge on any atom is 0.144 e. The molecule has 0 amide bonds. The van der Waals surface area contributed by atoms with Crippen LogP contribution < -0.4 is 16.8 Å². The molecule has 0 aliphatic rings. The van der Waals surface area contributed by atoms with E-state index >= 15 is 0 Å². The largest absolute Gasteiger partial charge is 0.507 e. The van der Waals surface area contributed by atoms with Crippen molar-refractivity contribution in [3.63, 3.8) is 0 Å². The number of nitrogen functional groups attached to an aromatic ring is 1. The summed E-state index contributed by atoms with van der Waals surface area (Å²) in [5.74, 6) is 0.224. The molecule has 2 aromatic rings. The van der Waals surface area contributed by atoms with Gasteiger partial charge in [0.25, 0.3) is 0 Å². The second-order valence-corrected chi connectivity index (χ2v) is 4.16. The van der Waals surface area contributed by atoms with Crippen molar-refractivity contribution in [3.8, 4) is 23.1 Å². The maximum atomic E-state index is 9.86. The zero-order chi connectivity index (χ0) is 14.5. The Balaban J connectivity index is 0.00000220. The molecule has 110 valence electrons. The van der Waals surface area contributed by atoms with Crippen LogP contribution in [0, 0.1) is 11.3 Å². The fraction of sp³-hybridized carbons (Fsp3) is 0.143. The first-order chi connectivity index (χ1) is 9.67. The number of halogens is 1. The number of anilines is 2. The minimum Gasteiger partial charge on any atom is -0.507 e. The summed E-state index contributed by atoms with van der Waals surface area (Å²) in [7, 11) is 0. The molecule has 1 aromatic carbocycles. The van der Waals surface area contributed by atoms with Gasteiger partial charge in [-0.1, -0.05) is 12.1 Å². The average molecular weight is 306 g/mol. The Morgan fingerprint density at radius 3 is 2.67 bits per heavy atom. The number of aromatic hydroxyl groups is 1. The molecule has 0 atom stereocenters. The van der Waals surface area contributed by atoms with Crippen molar-refractivity contribution in [1.82, 2.24) is 4.98 Å². The van der Waals surface area contributed by atoms with Crippen molar-refractivity contribution < 1.29 is 5.11 Å². The number of phenolic OH excluding ortho intramolecular Hbond substituents is 1. The number of rotatable bonds is 4. The van der Waals surface area contributed by atoms with Crippen molar-refractivity contribution >= 4 is 23.9 Å². The van der Waals surface area contributed by atoms with Crippen LogP contribution in [0.15, 0.2) is 30.3 Å². The van der Waals surface area contributed by atoms with Gasteiger partial charge in [0.05, 0.1) is 11.4 Å². The number of para-hydroxylation sites is 1. The van der Waals surface area contributed by atoms with E-state index in [4.69, 9.17) is 16.7 Å². The van der Waals surface area contributed by atoms with Crippen molar-refractivity contribution in [3.05, 3.63) is 35.9 Å². The normalized spacial score (nSPS) is 9.52. The lowest BCUT2D eigenvalue weighted by molar-refractivity contribution is 0.477. The third-order valence-corrected chi connectivity index (χ3v) is 2.80. The fourth-order valence-corrected chi connectivity index (χ4v) is 1.86. The van der Waals surface area contributed by atoms with Crippen molar-refractivity contribution in [2.45, 2.75) is 0 Å². The van der Waals surface area contributed by atoms with Gasteiger partial charge in [0.2, 0.25) is 0 Å². The second kappa shape index (κ2) is 7.33. The lowest BCUT2D eigenvalue weighted by Gasteiger charge is -2.12. The first-order valence-corrected chi connectivity index (χ1v) is 6.10. The Kier molecular flexibility index (Phi) is 5.79. The van der Waals surface area contributed by atoms with Crippen LogP contribution in [0.25, 0.3) is 11.3 Å². The minimum absolute atomic E-state index is 0. The quantitative estimate of drug-likeness (QED) is 0.682. The number of nitriles is 1. The maximum absolute atomic E-state index is 9.86. The second-order valence-electron chi connectivity index (χ2n) is 4.16. The highest BCUT2D eigenvalue weighted by Gasteiger charge is 2.13. The standard InChI is InChI=1S/C14H15N5O.ClH/c15-5-6-18-11-7-12(19-14(17)10(11)8-16)9-3-1-2-4-13(9)20;/h1-4,7,20H,5-6,15H2,(H3,17,18,19);1H. The van der Waals surface area contributed by atoms with Gasteiger partial charge in [-0.05, 0) is 18.2 Å². The molecule has 7 heteroatoms. The van der Waals surface area contributed by atoms with E-state index in [-0.39, 0.29) is 29.5 Å². The summed E-state index contributed by atoms with van der Waals surface area (Å²) in [5, 5.41) is 22.0. The highest BCUT2D eigenvalue weighted by atomic mass is 35.5. The van der Waals surface area contributed by atoms with Crippen LogP contribution in [-0.2, 0) is 0 Å².